The number of benzene rings is 1. The first-order valence-corrected chi connectivity index (χ1v) is 12.8. The van der Waals surface area contributed by atoms with Crippen LogP contribution in [0.15, 0.2) is 42.6 Å². The first kappa shape index (κ1) is 28.8. The molecule has 2 aromatic rings. The molecular formula is C28H38F3NO3. The van der Waals surface area contributed by atoms with Gasteiger partial charge in [-0.1, -0.05) is 77.0 Å². The van der Waals surface area contributed by atoms with Gasteiger partial charge in [0.05, 0.1) is 17.9 Å². The summed E-state index contributed by atoms with van der Waals surface area (Å²) in [4.78, 5) is 16.8. The molecule has 1 aromatic carbocycles. The molecule has 0 aliphatic heterocycles. The molecule has 0 bridgehead atoms. The number of unbranched alkanes of at least 4 members (excludes halogenated alkanes) is 7. The number of alkyl halides is 3. The number of rotatable bonds is 16. The van der Waals surface area contributed by atoms with Crippen LogP contribution in [-0.2, 0) is 15.9 Å². The summed E-state index contributed by atoms with van der Waals surface area (Å²) in [5.41, 5.74) is 2.75. The fourth-order valence-corrected chi connectivity index (χ4v) is 3.64. The molecule has 0 spiro atoms. The van der Waals surface area contributed by atoms with Crippen molar-refractivity contribution in [3.8, 4) is 11.3 Å². The highest BCUT2D eigenvalue weighted by Crippen LogP contribution is 2.25. The van der Waals surface area contributed by atoms with Crippen molar-refractivity contribution in [3.63, 3.8) is 0 Å². The molecule has 2 rings (SSSR count). The molecule has 194 valence electrons. The molecule has 0 saturated carbocycles. The summed E-state index contributed by atoms with van der Waals surface area (Å²) < 4.78 is 49.4. The van der Waals surface area contributed by atoms with Gasteiger partial charge in [-0.05, 0) is 43.0 Å². The van der Waals surface area contributed by atoms with Gasteiger partial charge in [0.15, 0.2) is 0 Å². The number of esters is 1. The molecule has 0 aliphatic rings. The number of nitrogens with zero attached hydrogens (tertiary/aromatic N) is 1. The molecule has 0 amide bonds. The number of hydrogen-bond acceptors (Lipinski definition) is 4. The highest BCUT2D eigenvalue weighted by atomic mass is 19.4. The van der Waals surface area contributed by atoms with E-state index in [4.69, 9.17) is 9.47 Å². The maximum Gasteiger partial charge on any atom is 0.427 e. The zero-order valence-electron chi connectivity index (χ0n) is 20.9. The summed E-state index contributed by atoms with van der Waals surface area (Å²) in [5.74, 6) is -1.03. The molecule has 1 unspecified atom stereocenters. The summed E-state index contributed by atoms with van der Waals surface area (Å²) in [6.45, 7) is 3.62. The summed E-state index contributed by atoms with van der Waals surface area (Å²) in [6.07, 6.45) is 6.17. The summed E-state index contributed by atoms with van der Waals surface area (Å²) in [7, 11) is 0. The molecule has 0 fully saturated rings. The van der Waals surface area contributed by atoms with E-state index in [9.17, 15) is 18.0 Å². The number of aryl methyl sites for hydroxylation is 1. The van der Waals surface area contributed by atoms with E-state index >= 15 is 0 Å². The van der Waals surface area contributed by atoms with Crippen LogP contribution in [0.5, 0.6) is 0 Å². The Kier molecular flexibility index (Phi) is 12.8. The molecule has 1 heterocycles. The van der Waals surface area contributed by atoms with E-state index in [-0.39, 0.29) is 12.2 Å². The normalized spacial score (nSPS) is 12.5. The van der Waals surface area contributed by atoms with Gasteiger partial charge in [-0.25, -0.2) is 4.79 Å². The third kappa shape index (κ3) is 10.8. The largest absolute Gasteiger partial charge is 0.447 e. The summed E-state index contributed by atoms with van der Waals surface area (Å²) in [6, 6.07) is 10.2. The van der Waals surface area contributed by atoms with Crippen molar-refractivity contribution in [2.24, 2.45) is 0 Å². The third-order valence-corrected chi connectivity index (χ3v) is 5.84. The van der Waals surface area contributed by atoms with Crippen LogP contribution in [0, 0.1) is 0 Å². The lowest BCUT2D eigenvalue weighted by molar-refractivity contribution is -0.217. The minimum Gasteiger partial charge on any atom is -0.447 e. The first-order valence-electron chi connectivity index (χ1n) is 12.8. The molecular weight excluding hydrogens is 455 g/mol. The number of pyridine rings is 1. The van der Waals surface area contributed by atoms with Gasteiger partial charge in [0.1, 0.15) is 0 Å². The Morgan fingerprint density at radius 2 is 1.54 bits per heavy atom. The second-order valence-corrected chi connectivity index (χ2v) is 8.86. The van der Waals surface area contributed by atoms with Crippen LogP contribution in [-0.4, -0.2) is 36.4 Å². The van der Waals surface area contributed by atoms with E-state index < -0.39 is 24.9 Å². The fourth-order valence-electron chi connectivity index (χ4n) is 3.64. The quantitative estimate of drug-likeness (QED) is 0.176. The van der Waals surface area contributed by atoms with Gasteiger partial charge >= 0.3 is 12.1 Å². The topological polar surface area (TPSA) is 48.4 Å². The molecule has 1 aromatic heterocycles. The number of carbonyl (C=O) groups is 1. The molecule has 1 atom stereocenters. The molecule has 7 heteroatoms. The van der Waals surface area contributed by atoms with Gasteiger partial charge in [0.2, 0.25) is 6.10 Å². The predicted molar refractivity (Wildman–Crippen MR) is 132 cm³/mol. The van der Waals surface area contributed by atoms with Crippen molar-refractivity contribution in [2.45, 2.75) is 90.3 Å². The lowest BCUT2D eigenvalue weighted by Crippen LogP contribution is -2.38. The van der Waals surface area contributed by atoms with E-state index in [1.54, 1.807) is 12.1 Å². The maximum atomic E-state index is 13.2. The van der Waals surface area contributed by atoms with E-state index in [2.05, 4.69) is 11.9 Å². The van der Waals surface area contributed by atoms with E-state index in [1.807, 2.05) is 25.3 Å². The number of aromatic nitrogens is 1. The SMILES string of the molecule is CCCCCCCCCc1ccc(-c2ccc(C(=O)OC(COCCCC)C(F)(F)F)cc2)nc1. The average Bonchev–Trinajstić information content (AvgIpc) is 2.85. The van der Waals surface area contributed by atoms with Crippen LogP contribution in [0.25, 0.3) is 11.3 Å². The maximum absolute atomic E-state index is 13.2. The van der Waals surface area contributed by atoms with Crippen LogP contribution < -0.4 is 0 Å². The van der Waals surface area contributed by atoms with Gasteiger partial charge in [-0.3, -0.25) is 4.98 Å². The highest BCUT2D eigenvalue weighted by molar-refractivity contribution is 5.90. The lowest BCUT2D eigenvalue weighted by atomic mass is 10.0. The van der Waals surface area contributed by atoms with Crippen molar-refractivity contribution in [1.82, 2.24) is 4.98 Å². The Morgan fingerprint density at radius 1 is 0.886 bits per heavy atom. The van der Waals surface area contributed by atoms with Gasteiger partial charge in [0.25, 0.3) is 0 Å². The number of carbonyl (C=O) groups excluding carboxylic acids is 1. The fraction of sp³-hybridized carbons (Fsp3) is 0.571. The lowest BCUT2D eigenvalue weighted by Gasteiger charge is -2.20. The Labute approximate surface area is 207 Å². The molecule has 0 aliphatic carbocycles. The second-order valence-electron chi connectivity index (χ2n) is 8.86. The molecule has 35 heavy (non-hydrogen) atoms. The zero-order valence-corrected chi connectivity index (χ0v) is 20.9. The number of halogens is 3. The number of ether oxygens (including phenoxy) is 2. The Hall–Kier alpha value is -2.41. The van der Waals surface area contributed by atoms with Gasteiger partial charge < -0.3 is 9.47 Å². The Balaban J connectivity index is 1.86. The Bertz CT molecular complexity index is 851. The minimum atomic E-state index is -4.69. The van der Waals surface area contributed by atoms with Crippen LogP contribution in [0.1, 0.15) is 87.6 Å². The third-order valence-electron chi connectivity index (χ3n) is 5.84. The monoisotopic (exact) mass is 493 g/mol. The van der Waals surface area contributed by atoms with Gasteiger partial charge in [0, 0.05) is 18.4 Å². The van der Waals surface area contributed by atoms with Crippen molar-refractivity contribution in [2.75, 3.05) is 13.2 Å². The van der Waals surface area contributed by atoms with Crippen LogP contribution in [0.3, 0.4) is 0 Å². The highest BCUT2D eigenvalue weighted by Gasteiger charge is 2.43. The minimum absolute atomic E-state index is 0.0483. The van der Waals surface area contributed by atoms with Crippen molar-refractivity contribution >= 4 is 5.97 Å². The van der Waals surface area contributed by atoms with Crippen LogP contribution >= 0.6 is 0 Å². The molecule has 0 N–H and O–H groups in total. The Morgan fingerprint density at radius 3 is 2.14 bits per heavy atom. The van der Waals surface area contributed by atoms with E-state index in [1.165, 1.54) is 56.2 Å². The van der Waals surface area contributed by atoms with Crippen LogP contribution in [0.4, 0.5) is 13.2 Å². The standard InChI is InChI=1S/C28H38F3NO3/c1-3-5-7-8-9-10-11-12-22-13-18-25(32-20-22)23-14-16-24(17-15-23)27(33)35-26(28(29,30)31)21-34-19-6-4-2/h13-18,20,26H,3-12,19,21H2,1-2H3. The molecule has 4 nitrogen and oxygen atoms in total. The second kappa shape index (κ2) is 15.6. The van der Waals surface area contributed by atoms with Crippen molar-refractivity contribution < 1.29 is 27.4 Å². The van der Waals surface area contributed by atoms with E-state index in [0.717, 1.165) is 30.5 Å². The summed E-state index contributed by atoms with van der Waals surface area (Å²) >= 11 is 0. The molecule has 0 radical (unpaired) electrons. The van der Waals surface area contributed by atoms with Gasteiger partial charge in [-0.2, -0.15) is 13.2 Å². The summed E-state index contributed by atoms with van der Waals surface area (Å²) in [5, 5.41) is 0. The average molecular weight is 494 g/mol. The zero-order chi connectivity index (χ0) is 25.5. The number of hydrogen-bond donors (Lipinski definition) is 0. The predicted octanol–water partition coefficient (Wildman–Crippen LogP) is 7.95. The van der Waals surface area contributed by atoms with E-state index in [0.29, 0.717) is 6.42 Å². The van der Waals surface area contributed by atoms with Gasteiger partial charge in [-0.15, -0.1) is 0 Å². The smallest absolute Gasteiger partial charge is 0.427 e. The van der Waals surface area contributed by atoms with Crippen molar-refractivity contribution in [3.05, 3.63) is 53.7 Å². The van der Waals surface area contributed by atoms with Crippen molar-refractivity contribution in [1.29, 1.82) is 0 Å². The first-order chi connectivity index (χ1) is 16.8. The van der Waals surface area contributed by atoms with Crippen LogP contribution in [0.2, 0.25) is 0 Å². The molecule has 0 saturated heterocycles.